The first-order valence-electron chi connectivity index (χ1n) is 8.06. The zero-order valence-corrected chi connectivity index (χ0v) is 12.3. The summed E-state index contributed by atoms with van der Waals surface area (Å²) in [5.74, 6) is 9.54. The van der Waals surface area contributed by atoms with E-state index in [9.17, 15) is 0 Å². The first kappa shape index (κ1) is 12.1. The highest BCUT2D eigenvalue weighted by Gasteiger charge is 2.60. The van der Waals surface area contributed by atoms with E-state index in [4.69, 9.17) is 0 Å². The van der Waals surface area contributed by atoms with E-state index >= 15 is 0 Å². The van der Waals surface area contributed by atoms with Crippen molar-refractivity contribution in [2.75, 3.05) is 0 Å². The van der Waals surface area contributed by atoms with Crippen LogP contribution < -0.4 is 0 Å². The van der Waals surface area contributed by atoms with Gasteiger partial charge in [0.25, 0.3) is 0 Å². The summed E-state index contributed by atoms with van der Waals surface area (Å²) >= 11 is 0. The predicted molar refractivity (Wildman–Crippen MR) is 73.6 cm³/mol. The SMILES string of the molecule is CCC1C(C)CC1C(C)C1C(C)C2CC(C)C21. The lowest BCUT2D eigenvalue weighted by molar-refractivity contribution is -0.181. The normalized spacial score (nSPS) is 58.4. The Morgan fingerprint density at radius 3 is 2.29 bits per heavy atom. The van der Waals surface area contributed by atoms with Crippen LogP contribution in [0.2, 0.25) is 0 Å². The van der Waals surface area contributed by atoms with Crippen LogP contribution in [0, 0.1) is 53.3 Å². The Labute approximate surface area is 108 Å². The molecule has 0 heteroatoms. The largest absolute Gasteiger partial charge is 0.0651 e. The topological polar surface area (TPSA) is 0 Å². The summed E-state index contributed by atoms with van der Waals surface area (Å²) in [6.07, 6.45) is 4.48. The molecule has 9 atom stereocenters. The van der Waals surface area contributed by atoms with Crippen LogP contribution in [0.25, 0.3) is 0 Å². The van der Waals surface area contributed by atoms with Gasteiger partial charge in [0.15, 0.2) is 0 Å². The van der Waals surface area contributed by atoms with Crippen molar-refractivity contribution in [1.82, 2.24) is 0 Å². The summed E-state index contributed by atoms with van der Waals surface area (Å²) in [6.45, 7) is 12.5. The van der Waals surface area contributed by atoms with Gasteiger partial charge in [-0.25, -0.2) is 0 Å². The molecule has 0 saturated heterocycles. The molecule has 0 amide bonds. The third-order valence-corrected chi connectivity index (χ3v) is 7.20. The van der Waals surface area contributed by atoms with Gasteiger partial charge in [0.1, 0.15) is 0 Å². The summed E-state index contributed by atoms with van der Waals surface area (Å²) in [5, 5.41) is 0. The molecule has 0 spiro atoms. The third-order valence-electron chi connectivity index (χ3n) is 7.20. The summed E-state index contributed by atoms with van der Waals surface area (Å²) in [4.78, 5) is 0. The van der Waals surface area contributed by atoms with Crippen molar-refractivity contribution in [2.24, 2.45) is 53.3 Å². The van der Waals surface area contributed by atoms with Crippen molar-refractivity contribution >= 4 is 0 Å². The molecule has 3 rings (SSSR count). The molecule has 0 aromatic carbocycles. The van der Waals surface area contributed by atoms with Gasteiger partial charge in [-0.1, -0.05) is 41.0 Å². The molecule has 0 bridgehead atoms. The van der Waals surface area contributed by atoms with Crippen molar-refractivity contribution in [3.05, 3.63) is 0 Å². The van der Waals surface area contributed by atoms with Gasteiger partial charge in [0, 0.05) is 0 Å². The lowest BCUT2D eigenvalue weighted by Gasteiger charge is -2.66. The predicted octanol–water partition coefficient (Wildman–Crippen LogP) is 4.84. The fourth-order valence-corrected chi connectivity index (χ4v) is 6.12. The molecule has 0 aromatic heterocycles. The Bertz CT molecular complexity index is 294. The second-order valence-corrected chi connectivity index (χ2v) is 7.70. The molecule has 3 saturated carbocycles. The summed E-state index contributed by atoms with van der Waals surface area (Å²) < 4.78 is 0. The fraction of sp³-hybridized carbons (Fsp3) is 1.00. The Hall–Kier alpha value is 0. The molecule has 0 N–H and O–H groups in total. The van der Waals surface area contributed by atoms with E-state index in [0.29, 0.717) is 0 Å². The highest BCUT2D eigenvalue weighted by atomic mass is 14.6. The van der Waals surface area contributed by atoms with Gasteiger partial charge in [-0.3, -0.25) is 0 Å². The first-order valence-corrected chi connectivity index (χ1v) is 8.06. The summed E-state index contributed by atoms with van der Waals surface area (Å²) in [5.41, 5.74) is 0. The minimum absolute atomic E-state index is 1.01. The van der Waals surface area contributed by atoms with Gasteiger partial charge in [-0.2, -0.15) is 0 Å². The van der Waals surface area contributed by atoms with E-state index in [2.05, 4.69) is 34.6 Å². The van der Waals surface area contributed by atoms with Crippen LogP contribution in [-0.2, 0) is 0 Å². The third kappa shape index (κ3) is 1.48. The molecule has 0 aromatic rings. The standard InChI is InChI=1S/C17H30/c1-6-13-9(2)7-14(13)11(4)17-12(5)15-8-10(3)16(15)17/h9-17H,6-8H2,1-5H3. The molecular formula is C17H30. The molecule has 0 heterocycles. The van der Waals surface area contributed by atoms with Crippen molar-refractivity contribution in [1.29, 1.82) is 0 Å². The van der Waals surface area contributed by atoms with E-state index in [1.165, 1.54) is 19.3 Å². The Balaban J connectivity index is 1.65. The molecule has 98 valence electrons. The molecule has 3 aliphatic carbocycles. The average molecular weight is 234 g/mol. The van der Waals surface area contributed by atoms with Crippen molar-refractivity contribution in [3.8, 4) is 0 Å². The zero-order valence-electron chi connectivity index (χ0n) is 12.3. The van der Waals surface area contributed by atoms with Crippen LogP contribution in [0.15, 0.2) is 0 Å². The lowest BCUT2D eigenvalue weighted by atomic mass is 9.39. The highest BCUT2D eigenvalue weighted by molar-refractivity contribution is 5.08. The smallest absolute Gasteiger partial charge is 0.0323 e. The quantitative estimate of drug-likeness (QED) is 0.655. The molecule has 3 aliphatic rings. The van der Waals surface area contributed by atoms with E-state index in [-0.39, 0.29) is 0 Å². The second kappa shape index (κ2) is 4.00. The molecule has 17 heavy (non-hydrogen) atoms. The molecule has 0 radical (unpaired) electrons. The van der Waals surface area contributed by atoms with Crippen LogP contribution in [0.3, 0.4) is 0 Å². The van der Waals surface area contributed by atoms with Gasteiger partial charge < -0.3 is 0 Å². The van der Waals surface area contributed by atoms with Crippen LogP contribution in [-0.4, -0.2) is 0 Å². The maximum Gasteiger partial charge on any atom is -0.0323 e. The molecule has 0 aliphatic heterocycles. The zero-order chi connectivity index (χ0) is 12.3. The summed E-state index contributed by atoms with van der Waals surface area (Å²) in [7, 11) is 0. The number of hydrogen-bond acceptors (Lipinski definition) is 0. The number of hydrogen-bond donors (Lipinski definition) is 0. The van der Waals surface area contributed by atoms with E-state index in [1.54, 1.807) is 0 Å². The van der Waals surface area contributed by atoms with E-state index in [0.717, 1.165) is 53.3 Å². The van der Waals surface area contributed by atoms with Gasteiger partial charge in [-0.05, 0) is 66.1 Å². The van der Waals surface area contributed by atoms with E-state index < -0.39 is 0 Å². The molecule has 3 fully saturated rings. The highest BCUT2D eigenvalue weighted by Crippen LogP contribution is 2.66. The van der Waals surface area contributed by atoms with Crippen LogP contribution in [0.1, 0.15) is 53.9 Å². The minimum atomic E-state index is 1.01. The average Bonchev–Trinajstić information content (AvgIpc) is 2.28. The van der Waals surface area contributed by atoms with Crippen molar-refractivity contribution < 1.29 is 0 Å². The van der Waals surface area contributed by atoms with Crippen molar-refractivity contribution in [3.63, 3.8) is 0 Å². The van der Waals surface area contributed by atoms with Crippen LogP contribution >= 0.6 is 0 Å². The minimum Gasteiger partial charge on any atom is -0.0651 e. The lowest BCUT2D eigenvalue weighted by Crippen LogP contribution is -2.60. The second-order valence-electron chi connectivity index (χ2n) is 7.70. The number of fused-ring (bicyclic) bond motifs is 1. The first-order chi connectivity index (χ1) is 8.06. The van der Waals surface area contributed by atoms with Gasteiger partial charge in [-0.15, -0.1) is 0 Å². The maximum atomic E-state index is 2.58. The Morgan fingerprint density at radius 1 is 1.06 bits per heavy atom. The van der Waals surface area contributed by atoms with Gasteiger partial charge in [0.2, 0.25) is 0 Å². The van der Waals surface area contributed by atoms with Crippen LogP contribution in [0.5, 0.6) is 0 Å². The van der Waals surface area contributed by atoms with Gasteiger partial charge >= 0.3 is 0 Å². The van der Waals surface area contributed by atoms with Crippen LogP contribution in [0.4, 0.5) is 0 Å². The van der Waals surface area contributed by atoms with Crippen molar-refractivity contribution in [2.45, 2.75) is 53.9 Å². The molecule has 0 nitrogen and oxygen atoms in total. The maximum absolute atomic E-state index is 2.58. The molecular weight excluding hydrogens is 204 g/mol. The summed E-state index contributed by atoms with van der Waals surface area (Å²) in [6, 6.07) is 0. The number of rotatable bonds is 3. The molecule has 9 unspecified atom stereocenters. The Morgan fingerprint density at radius 2 is 1.76 bits per heavy atom. The monoisotopic (exact) mass is 234 g/mol. The van der Waals surface area contributed by atoms with E-state index in [1.807, 2.05) is 0 Å². The Kier molecular flexibility index (Phi) is 2.84. The van der Waals surface area contributed by atoms with Gasteiger partial charge in [0.05, 0.1) is 0 Å². The fourth-order valence-electron chi connectivity index (χ4n) is 6.12.